The summed E-state index contributed by atoms with van der Waals surface area (Å²) in [7, 11) is 2.18. The molecule has 0 bridgehead atoms. The van der Waals surface area contributed by atoms with E-state index in [0.717, 1.165) is 12.1 Å². The Morgan fingerprint density at radius 1 is 1.42 bits per heavy atom. The van der Waals surface area contributed by atoms with Crippen LogP contribution in [-0.4, -0.2) is 29.1 Å². The van der Waals surface area contributed by atoms with Crippen LogP contribution in [-0.2, 0) is 11.3 Å². The van der Waals surface area contributed by atoms with Gasteiger partial charge in [-0.25, -0.2) is 4.79 Å². The van der Waals surface area contributed by atoms with Crippen LogP contribution in [0.4, 0.5) is 0 Å². The predicted molar refractivity (Wildman–Crippen MR) is 76.8 cm³/mol. The number of aliphatic carboxylic acids is 1. The molecule has 19 heavy (non-hydrogen) atoms. The minimum absolute atomic E-state index is 0.707. The summed E-state index contributed by atoms with van der Waals surface area (Å²) in [5.74, 6) is -0.909. The van der Waals surface area contributed by atoms with Crippen molar-refractivity contribution in [3.8, 4) is 0 Å². The van der Waals surface area contributed by atoms with Crippen LogP contribution in [0.5, 0.6) is 0 Å². The number of nitrogens with zero attached hydrogens (tertiary/aromatic N) is 1. The SMILES string of the molecule is CN(Cc1cccc(C=CC(=O)O)c1)C1CCCC1. The van der Waals surface area contributed by atoms with Crippen molar-refractivity contribution >= 4 is 12.0 Å². The van der Waals surface area contributed by atoms with E-state index < -0.39 is 5.97 Å². The average Bonchev–Trinajstić information content (AvgIpc) is 2.91. The summed E-state index contributed by atoms with van der Waals surface area (Å²) in [5.41, 5.74) is 2.18. The van der Waals surface area contributed by atoms with Gasteiger partial charge in [0.15, 0.2) is 0 Å². The monoisotopic (exact) mass is 259 g/mol. The molecule has 0 saturated heterocycles. The third-order valence-electron chi connectivity index (χ3n) is 3.75. The van der Waals surface area contributed by atoms with Crippen molar-refractivity contribution in [3.63, 3.8) is 0 Å². The van der Waals surface area contributed by atoms with E-state index in [1.54, 1.807) is 6.08 Å². The lowest BCUT2D eigenvalue weighted by atomic mass is 10.1. The normalized spacial score (nSPS) is 16.5. The first-order valence-corrected chi connectivity index (χ1v) is 6.85. The molecular weight excluding hydrogens is 238 g/mol. The zero-order valence-electron chi connectivity index (χ0n) is 11.4. The van der Waals surface area contributed by atoms with Gasteiger partial charge in [-0.2, -0.15) is 0 Å². The van der Waals surface area contributed by atoms with Gasteiger partial charge in [-0.3, -0.25) is 4.90 Å². The van der Waals surface area contributed by atoms with Gasteiger partial charge in [0.25, 0.3) is 0 Å². The molecule has 1 aliphatic carbocycles. The fraction of sp³-hybridized carbons (Fsp3) is 0.438. The Balaban J connectivity index is 2.00. The van der Waals surface area contributed by atoms with E-state index >= 15 is 0 Å². The molecule has 1 saturated carbocycles. The first-order valence-electron chi connectivity index (χ1n) is 6.85. The number of rotatable bonds is 5. The van der Waals surface area contributed by atoms with Gasteiger partial charge in [-0.05, 0) is 37.1 Å². The molecule has 1 aliphatic rings. The summed E-state index contributed by atoms with van der Waals surface area (Å²) < 4.78 is 0. The average molecular weight is 259 g/mol. The number of carboxylic acids is 1. The molecule has 0 amide bonds. The molecule has 3 heteroatoms. The maximum absolute atomic E-state index is 10.5. The van der Waals surface area contributed by atoms with Crippen LogP contribution in [0.1, 0.15) is 36.8 Å². The lowest BCUT2D eigenvalue weighted by molar-refractivity contribution is -0.131. The topological polar surface area (TPSA) is 40.5 Å². The third kappa shape index (κ3) is 4.21. The van der Waals surface area contributed by atoms with Crippen LogP contribution in [0.2, 0.25) is 0 Å². The van der Waals surface area contributed by atoms with Gasteiger partial charge in [0.05, 0.1) is 0 Å². The second kappa shape index (κ2) is 6.53. The number of carboxylic acid groups (broad SMARTS) is 1. The standard InChI is InChI=1S/C16H21NO2/c1-17(15-7-2-3-8-15)12-14-6-4-5-13(11-14)9-10-16(18)19/h4-6,9-11,15H,2-3,7-8,12H2,1H3,(H,18,19). The van der Waals surface area contributed by atoms with E-state index in [2.05, 4.69) is 24.1 Å². The van der Waals surface area contributed by atoms with Gasteiger partial charge in [0, 0.05) is 18.7 Å². The maximum atomic E-state index is 10.5. The molecule has 0 radical (unpaired) electrons. The smallest absolute Gasteiger partial charge is 0.328 e. The number of hydrogen-bond donors (Lipinski definition) is 1. The van der Waals surface area contributed by atoms with Crippen molar-refractivity contribution in [2.45, 2.75) is 38.3 Å². The van der Waals surface area contributed by atoms with E-state index in [1.807, 2.05) is 12.1 Å². The molecule has 3 nitrogen and oxygen atoms in total. The summed E-state index contributed by atoms with van der Waals surface area (Å²) in [6.07, 6.45) is 8.11. The quantitative estimate of drug-likeness (QED) is 0.826. The van der Waals surface area contributed by atoms with E-state index in [-0.39, 0.29) is 0 Å². The van der Waals surface area contributed by atoms with E-state index in [9.17, 15) is 4.79 Å². The molecule has 2 rings (SSSR count). The second-order valence-corrected chi connectivity index (χ2v) is 5.27. The van der Waals surface area contributed by atoms with Crippen molar-refractivity contribution in [3.05, 3.63) is 41.5 Å². The lowest BCUT2D eigenvalue weighted by Gasteiger charge is -2.24. The van der Waals surface area contributed by atoms with Gasteiger partial charge in [-0.1, -0.05) is 37.1 Å². The Morgan fingerprint density at radius 2 is 2.16 bits per heavy atom. The van der Waals surface area contributed by atoms with Crippen molar-refractivity contribution < 1.29 is 9.90 Å². The molecule has 0 aliphatic heterocycles. The lowest BCUT2D eigenvalue weighted by Crippen LogP contribution is -2.28. The fourth-order valence-electron chi connectivity index (χ4n) is 2.72. The van der Waals surface area contributed by atoms with Crippen molar-refractivity contribution in [2.24, 2.45) is 0 Å². The first kappa shape index (κ1) is 13.8. The number of carbonyl (C=O) groups is 1. The minimum Gasteiger partial charge on any atom is -0.478 e. The summed E-state index contributed by atoms with van der Waals surface area (Å²) in [4.78, 5) is 12.9. The molecule has 0 atom stereocenters. The van der Waals surface area contributed by atoms with Crippen molar-refractivity contribution in [1.29, 1.82) is 0 Å². The summed E-state index contributed by atoms with van der Waals surface area (Å²) >= 11 is 0. The van der Waals surface area contributed by atoms with E-state index in [4.69, 9.17) is 5.11 Å². The van der Waals surface area contributed by atoms with E-state index in [0.29, 0.717) is 6.04 Å². The summed E-state index contributed by atoms with van der Waals surface area (Å²) in [6.45, 7) is 0.930. The van der Waals surface area contributed by atoms with Crippen molar-refractivity contribution in [2.75, 3.05) is 7.05 Å². The number of benzene rings is 1. The molecule has 1 aromatic rings. The summed E-state index contributed by atoms with van der Waals surface area (Å²) in [6, 6.07) is 8.78. The molecule has 0 heterocycles. The van der Waals surface area contributed by atoms with Crippen LogP contribution in [0.3, 0.4) is 0 Å². The second-order valence-electron chi connectivity index (χ2n) is 5.27. The molecule has 1 aromatic carbocycles. The fourth-order valence-corrected chi connectivity index (χ4v) is 2.72. The van der Waals surface area contributed by atoms with Crippen molar-refractivity contribution in [1.82, 2.24) is 4.90 Å². The molecule has 0 unspecified atom stereocenters. The molecular formula is C16H21NO2. The minimum atomic E-state index is -0.909. The Hall–Kier alpha value is -1.61. The highest BCUT2D eigenvalue weighted by Crippen LogP contribution is 2.23. The molecule has 1 N–H and O–H groups in total. The van der Waals surface area contributed by atoms with Gasteiger partial charge in [-0.15, -0.1) is 0 Å². The third-order valence-corrected chi connectivity index (χ3v) is 3.75. The Morgan fingerprint density at radius 3 is 2.84 bits per heavy atom. The molecule has 102 valence electrons. The van der Waals surface area contributed by atoms with Crippen LogP contribution in [0, 0.1) is 0 Å². The first-order chi connectivity index (χ1) is 9.15. The highest BCUT2D eigenvalue weighted by molar-refractivity contribution is 5.85. The van der Waals surface area contributed by atoms with Gasteiger partial charge in [0.2, 0.25) is 0 Å². The molecule has 1 fully saturated rings. The van der Waals surface area contributed by atoms with Crippen LogP contribution >= 0.6 is 0 Å². The Kier molecular flexibility index (Phi) is 4.74. The van der Waals surface area contributed by atoms with Gasteiger partial charge in [0.1, 0.15) is 0 Å². The highest BCUT2D eigenvalue weighted by atomic mass is 16.4. The Labute approximate surface area is 114 Å². The Bertz CT molecular complexity index is 462. The van der Waals surface area contributed by atoms with Crippen LogP contribution in [0.15, 0.2) is 30.3 Å². The summed E-state index contributed by atoms with van der Waals surface area (Å²) in [5, 5.41) is 8.64. The predicted octanol–water partition coefficient (Wildman–Crippen LogP) is 3.16. The highest BCUT2D eigenvalue weighted by Gasteiger charge is 2.19. The van der Waals surface area contributed by atoms with E-state index in [1.165, 1.54) is 37.3 Å². The zero-order valence-corrected chi connectivity index (χ0v) is 11.4. The van der Waals surface area contributed by atoms with Gasteiger partial charge < -0.3 is 5.11 Å². The molecule has 0 aromatic heterocycles. The maximum Gasteiger partial charge on any atom is 0.328 e. The van der Waals surface area contributed by atoms with Gasteiger partial charge >= 0.3 is 5.97 Å². The zero-order chi connectivity index (χ0) is 13.7. The number of hydrogen-bond acceptors (Lipinski definition) is 2. The molecule has 0 spiro atoms. The van der Waals surface area contributed by atoms with Crippen LogP contribution in [0.25, 0.3) is 6.08 Å². The van der Waals surface area contributed by atoms with Crippen LogP contribution < -0.4 is 0 Å². The largest absolute Gasteiger partial charge is 0.478 e.